The van der Waals surface area contributed by atoms with E-state index < -0.39 is 0 Å². The Morgan fingerprint density at radius 1 is 1.24 bits per heavy atom. The summed E-state index contributed by atoms with van der Waals surface area (Å²) in [5.41, 5.74) is 5.18. The minimum Gasteiger partial charge on any atom is -0.271 e. The summed E-state index contributed by atoms with van der Waals surface area (Å²) in [6.45, 7) is 2.04. The predicted octanol–water partition coefficient (Wildman–Crippen LogP) is 4.58. The molecule has 0 aliphatic carbocycles. The van der Waals surface area contributed by atoms with Gasteiger partial charge >= 0.3 is 0 Å². The number of hydrogen-bond donors (Lipinski definition) is 2. The molecule has 0 aromatic heterocycles. The van der Waals surface area contributed by atoms with Gasteiger partial charge < -0.3 is 0 Å². The van der Waals surface area contributed by atoms with Crippen LogP contribution >= 0.6 is 39.3 Å². The maximum atomic E-state index is 6.28. The van der Waals surface area contributed by atoms with E-state index in [0.29, 0.717) is 0 Å². The van der Waals surface area contributed by atoms with Crippen molar-refractivity contribution in [3.8, 4) is 0 Å². The number of aryl methyl sites for hydroxylation is 1. The summed E-state index contributed by atoms with van der Waals surface area (Å²) in [5.74, 6) is 6.57. The van der Waals surface area contributed by atoms with Crippen LogP contribution in [0.15, 0.2) is 51.8 Å². The molecular formula is C16H18BrClN2S. The molecule has 0 amide bonds. The van der Waals surface area contributed by atoms with Crippen LogP contribution < -0.4 is 11.3 Å². The van der Waals surface area contributed by atoms with Crippen LogP contribution in [-0.4, -0.2) is 11.8 Å². The largest absolute Gasteiger partial charge is 0.271 e. The predicted molar refractivity (Wildman–Crippen MR) is 95.9 cm³/mol. The molecule has 1 atom stereocenters. The maximum Gasteiger partial charge on any atom is 0.0441 e. The first-order valence-electron chi connectivity index (χ1n) is 6.68. The lowest BCUT2D eigenvalue weighted by molar-refractivity contribution is 0.575. The number of nitrogens with two attached hydrogens (primary N) is 1. The van der Waals surface area contributed by atoms with Crippen molar-refractivity contribution in [2.75, 3.05) is 5.75 Å². The summed E-state index contributed by atoms with van der Waals surface area (Å²) in [6.07, 6.45) is 0.819. The van der Waals surface area contributed by atoms with Gasteiger partial charge in [-0.2, -0.15) is 0 Å². The van der Waals surface area contributed by atoms with Crippen molar-refractivity contribution >= 4 is 39.3 Å². The van der Waals surface area contributed by atoms with E-state index in [0.717, 1.165) is 27.2 Å². The van der Waals surface area contributed by atoms with Gasteiger partial charge in [-0.3, -0.25) is 11.3 Å². The third-order valence-electron chi connectivity index (χ3n) is 3.18. The smallest absolute Gasteiger partial charge is 0.0441 e. The van der Waals surface area contributed by atoms with Crippen LogP contribution in [0.1, 0.15) is 11.1 Å². The zero-order chi connectivity index (χ0) is 15.2. The fraction of sp³-hybridized carbons (Fsp3) is 0.250. The molecule has 0 spiro atoms. The highest BCUT2D eigenvalue weighted by molar-refractivity contribution is 9.10. The molecule has 0 aliphatic heterocycles. The van der Waals surface area contributed by atoms with Gasteiger partial charge in [-0.25, -0.2) is 0 Å². The molecule has 0 radical (unpaired) electrons. The highest BCUT2D eigenvalue weighted by atomic mass is 79.9. The van der Waals surface area contributed by atoms with Gasteiger partial charge in [0.05, 0.1) is 0 Å². The Morgan fingerprint density at radius 3 is 2.57 bits per heavy atom. The zero-order valence-corrected chi connectivity index (χ0v) is 14.9. The summed E-state index contributed by atoms with van der Waals surface area (Å²) in [5, 5.41) is 0.809. The van der Waals surface area contributed by atoms with Gasteiger partial charge in [-0.15, -0.1) is 11.8 Å². The number of thioether (sulfide) groups is 1. The Balaban J connectivity index is 1.95. The van der Waals surface area contributed by atoms with Crippen molar-refractivity contribution < 1.29 is 0 Å². The van der Waals surface area contributed by atoms with Crippen molar-refractivity contribution in [3.63, 3.8) is 0 Å². The summed E-state index contributed by atoms with van der Waals surface area (Å²) >= 11 is 11.5. The summed E-state index contributed by atoms with van der Waals surface area (Å²) < 4.78 is 1.09. The van der Waals surface area contributed by atoms with E-state index in [9.17, 15) is 0 Å². The Hall–Kier alpha value is -0.520. The number of nitrogens with one attached hydrogen (secondary N) is 1. The van der Waals surface area contributed by atoms with E-state index in [1.807, 2.05) is 25.1 Å². The number of benzene rings is 2. The zero-order valence-electron chi connectivity index (χ0n) is 11.8. The molecule has 2 aromatic rings. The van der Waals surface area contributed by atoms with Crippen molar-refractivity contribution in [3.05, 3.63) is 63.1 Å². The fourth-order valence-electron chi connectivity index (χ4n) is 1.98. The number of halogens is 2. The van der Waals surface area contributed by atoms with Crippen LogP contribution in [0.5, 0.6) is 0 Å². The highest BCUT2D eigenvalue weighted by Crippen LogP contribution is 2.24. The fourth-order valence-corrected chi connectivity index (χ4v) is 3.49. The third kappa shape index (κ3) is 5.31. The first-order chi connectivity index (χ1) is 10.1. The van der Waals surface area contributed by atoms with Gasteiger partial charge in [0.1, 0.15) is 0 Å². The lowest BCUT2D eigenvalue weighted by atomic mass is 10.1. The molecule has 2 rings (SSSR count). The normalized spacial score (nSPS) is 12.4. The quantitative estimate of drug-likeness (QED) is 0.434. The lowest BCUT2D eigenvalue weighted by Gasteiger charge is -2.16. The standard InChI is InChI=1S/C16H18BrClN2S/c1-11-2-3-12(16(18)8-11)9-14(20-19)10-21-15-6-4-13(17)5-7-15/h2-8,14,20H,9-10,19H2,1H3. The van der Waals surface area contributed by atoms with E-state index in [-0.39, 0.29) is 6.04 Å². The van der Waals surface area contributed by atoms with Gasteiger partial charge in [-0.1, -0.05) is 39.7 Å². The molecule has 112 valence electrons. The monoisotopic (exact) mass is 384 g/mol. The van der Waals surface area contributed by atoms with Crippen LogP contribution in [0.2, 0.25) is 5.02 Å². The Kier molecular flexibility index (Phi) is 6.58. The lowest BCUT2D eigenvalue weighted by Crippen LogP contribution is -2.38. The van der Waals surface area contributed by atoms with Gasteiger partial charge in [0, 0.05) is 26.2 Å². The van der Waals surface area contributed by atoms with Gasteiger partial charge in [0.25, 0.3) is 0 Å². The van der Waals surface area contributed by atoms with Crippen LogP contribution in [0.3, 0.4) is 0 Å². The Morgan fingerprint density at radius 2 is 1.95 bits per heavy atom. The number of hydrazine groups is 1. The van der Waals surface area contributed by atoms with Gasteiger partial charge in [0.2, 0.25) is 0 Å². The third-order valence-corrected chi connectivity index (χ3v) is 5.23. The van der Waals surface area contributed by atoms with Crippen LogP contribution in [0, 0.1) is 6.92 Å². The minimum absolute atomic E-state index is 0.179. The van der Waals surface area contributed by atoms with Gasteiger partial charge in [0.15, 0.2) is 0 Å². The van der Waals surface area contributed by atoms with Crippen LogP contribution in [0.4, 0.5) is 0 Å². The molecule has 2 aromatic carbocycles. The van der Waals surface area contributed by atoms with Gasteiger partial charge in [-0.05, 0) is 54.8 Å². The number of rotatable bonds is 6. The molecule has 0 saturated heterocycles. The highest BCUT2D eigenvalue weighted by Gasteiger charge is 2.11. The molecule has 2 nitrogen and oxygen atoms in total. The average Bonchev–Trinajstić information content (AvgIpc) is 2.47. The van der Waals surface area contributed by atoms with Crippen molar-refractivity contribution in [1.82, 2.24) is 5.43 Å². The minimum atomic E-state index is 0.179. The van der Waals surface area contributed by atoms with E-state index in [2.05, 4.69) is 45.6 Å². The van der Waals surface area contributed by atoms with E-state index >= 15 is 0 Å². The summed E-state index contributed by atoms with van der Waals surface area (Å²) in [4.78, 5) is 1.23. The molecule has 3 N–H and O–H groups in total. The molecule has 5 heteroatoms. The summed E-state index contributed by atoms with van der Waals surface area (Å²) in [7, 11) is 0. The first kappa shape index (κ1) is 16.8. The first-order valence-corrected chi connectivity index (χ1v) is 8.83. The topological polar surface area (TPSA) is 38.0 Å². The number of hydrogen-bond acceptors (Lipinski definition) is 3. The molecule has 0 heterocycles. The second-order valence-electron chi connectivity index (χ2n) is 4.93. The molecule has 21 heavy (non-hydrogen) atoms. The molecule has 0 bridgehead atoms. The molecule has 0 aliphatic rings. The van der Waals surface area contributed by atoms with Crippen molar-refractivity contribution in [1.29, 1.82) is 0 Å². The van der Waals surface area contributed by atoms with E-state index in [1.165, 1.54) is 10.5 Å². The van der Waals surface area contributed by atoms with E-state index in [1.54, 1.807) is 11.8 Å². The van der Waals surface area contributed by atoms with E-state index in [4.69, 9.17) is 17.4 Å². The molecule has 0 saturated carbocycles. The Bertz CT molecular complexity index is 589. The van der Waals surface area contributed by atoms with Crippen LogP contribution in [0.25, 0.3) is 0 Å². The molecular weight excluding hydrogens is 368 g/mol. The molecule has 0 fully saturated rings. The van der Waals surface area contributed by atoms with Crippen molar-refractivity contribution in [2.24, 2.45) is 5.84 Å². The average molecular weight is 386 g/mol. The second-order valence-corrected chi connectivity index (χ2v) is 7.34. The second kappa shape index (κ2) is 8.20. The summed E-state index contributed by atoms with van der Waals surface area (Å²) in [6, 6.07) is 14.6. The molecule has 1 unspecified atom stereocenters. The van der Waals surface area contributed by atoms with Crippen molar-refractivity contribution in [2.45, 2.75) is 24.3 Å². The Labute approximate surface area is 143 Å². The SMILES string of the molecule is Cc1ccc(CC(CSc2ccc(Br)cc2)NN)c(Cl)c1. The maximum absolute atomic E-state index is 6.28. The van der Waals surface area contributed by atoms with Crippen LogP contribution in [-0.2, 0) is 6.42 Å².